The maximum atomic E-state index is 4.45. The Bertz CT molecular complexity index is 431. The van der Waals surface area contributed by atoms with Gasteiger partial charge in [0, 0.05) is 34.3 Å². The third-order valence-electron chi connectivity index (χ3n) is 3.91. The second kappa shape index (κ2) is 7.87. The van der Waals surface area contributed by atoms with Gasteiger partial charge in [-0.05, 0) is 69.8 Å². The van der Waals surface area contributed by atoms with E-state index in [0.717, 1.165) is 27.7 Å². The summed E-state index contributed by atoms with van der Waals surface area (Å²) >= 11 is 7.00. The smallest absolute Gasteiger partial charge is 0.0684 e. The van der Waals surface area contributed by atoms with Crippen LogP contribution < -0.4 is 5.32 Å². The third kappa shape index (κ3) is 4.52. The van der Waals surface area contributed by atoms with E-state index in [1.807, 2.05) is 12.3 Å². The van der Waals surface area contributed by atoms with Gasteiger partial charge in [0.1, 0.15) is 0 Å². The molecule has 0 bridgehead atoms. The molecule has 0 amide bonds. The first kappa shape index (κ1) is 16.4. The van der Waals surface area contributed by atoms with Crippen molar-refractivity contribution in [3.8, 4) is 0 Å². The first-order valence-corrected chi connectivity index (χ1v) is 8.91. The fraction of sp³-hybridized carbons (Fsp3) is 0.667. The maximum Gasteiger partial charge on any atom is 0.0684 e. The Morgan fingerprint density at radius 2 is 2.00 bits per heavy atom. The van der Waals surface area contributed by atoms with Crippen LogP contribution in [-0.2, 0) is 6.54 Å². The monoisotopic (exact) mass is 403 g/mol. The first-order chi connectivity index (χ1) is 9.58. The molecule has 112 valence electrons. The molecule has 0 spiro atoms. The minimum Gasteiger partial charge on any atom is -0.310 e. The van der Waals surface area contributed by atoms with Crippen LogP contribution in [0.1, 0.15) is 32.4 Å². The van der Waals surface area contributed by atoms with Crippen molar-refractivity contribution in [2.75, 3.05) is 19.6 Å². The van der Waals surface area contributed by atoms with Gasteiger partial charge in [-0.15, -0.1) is 0 Å². The molecule has 0 aromatic carbocycles. The van der Waals surface area contributed by atoms with Gasteiger partial charge < -0.3 is 5.32 Å². The second-order valence-electron chi connectivity index (χ2n) is 5.77. The lowest BCUT2D eigenvalue weighted by molar-refractivity contribution is 0.186. The standard InChI is InChI=1S/C15H23Br2N3/c1-11(2)15(20-5-3-4-6-20)10-18-9-14-13(17)7-12(16)8-19-14/h7-8,11,15,18H,3-6,9-10H2,1-2H3. The molecule has 5 heteroatoms. The van der Waals surface area contributed by atoms with Gasteiger partial charge in [0.25, 0.3) is 0 Å². The van der Waals surface area contributed by atoms with Crippen LogP contribution in [0, 0.1) is 5.92 Å². The van der Waals surface area contributed by atoms with Gasteiger partial charge in [0.2, 0.25) is 0 Å². The Morgan fingerprint density at radius 3 is 2.60 bits per heavy atom. The summed E-state index contributed by atoms with van der Waals surface area (Å²) in [7, 11) is 0. The van der Waals surface area contributed by atoms with Gasteiger partial charge in [0.15, 0.2) is 0 Å². The van der Waals surface area contributed by atoms with E-state index in [-0.39, 0.29) is 0 Å². The van der Waals surface area contributed by atoms with E-state index >= 15 is 0 Å². The molecule has 0 saturated carbocycles. The van der Waals surface area contributed by atoms with Crippen LogP contribution in [-0.4, -0.2) is 35.6 Å². The number of hydrogen-bond donors (Lipinski definition) is 1. The van der Waals surface area contributed by atoms with E-state index in [1.54, 1.807) is 0 Å². The van der Waals surface area contributed by atoms with Gasteiger partial charge in [0.05, 0.1) is 5.69 Å². The van der Waals surface area contributed by atoms with Crippen LogP contribution in [0.5, 0.6) is 0 Å². The number of hydrogen-bond acceptors (Lipinski definition) is 3. The largest absolute Gasteiger partial charge is 0.310 e. The summed E-state index contributed by atoms with van der Waals surface area (Å²) in [5.74, 6) is 0.682. The number of nitrogens with one attached hydrogen (secondary N) is 1. The molecule has 1 aliphatic rings. The summed E-state index contributed by atoms with van der Waals surface area (Å²) in [5, 5.41) is 3.57. The third-order valence-corrected chi connectivity index (χ3v) is 5.03. The van der Waals surface area contributed by atoms with E-state index in [9.17, 15) is 0 Å². The Morgan fingerprint density at radius 1 is 1.30 bits per heavy atom. The van der Waals surface area contributed by atoms with Gasteiger partial charge in [-0.25, -0.2) is 0 Å². The van der Waals surface area contributed by atoms with Crippen LogP contribution >= 0.6 is 31.9 Å². The number of rotatable bonds is 6. The first-order valence-electron chi connectivity index (χ1n) is 7.32. The van der Waals surface area contributed by atoms with Gasteiger partial charge in [-0.1, -0.05) is 13.8 Å². The van der Waals surface area contributed by atoms with Gasteiger partial charge >= 0.3 is 0 Å². The van der Waals surface area contributed by atoms with Crippen LogP contribution in [0.25, 0.3) is 0 Å². The van der Waals surface area contributed by atoms with E-state index < -0.39 is 0 Å². The molecule has 1 saturated heterocycles. The molecule has 1 aliphatic heterocycles. The molecule has 20 heavy (non-hydrogen) atoms. The fourth-order valence-electron chi connectivity index (χ4n) is 2.77. The number of nitrogens with zero attached hydrogens (tertiary/aromatic N) is 2. The zero-order chi connectivity index (χ0) is 14.5. The average molecular weight is 405 g/mol. The molecule has 1 atom stereocenters. The van der Waals surface area contributed by atoms with Crippen molar-refractivity contribution in [1.29, 1.82) is 0 Å². The highest BCUT2D eigenvalue weighted by atomic mass is 79.9. The van der Waals surface area contributed by atoms with Crippen molar-refractivity contribution in [1.82, 2.24) is 15.2 Å². The van der Waals surface area contributed by atoms with Crippen LogP contribution in [0.15, 0.2) is 21.2 Å². The lowest BCUT2D eigenvalue weighted by Gasteiger charge is -2.31. The van der Waals surface area contributed by atoms with Crippen molar-refractivity contribution in [2.45, 2.75) is 39.3 Å². The van der Waals surface area contributed by atoms with Crippen molar-refractivity contribution >= 4 is 31.9 Å². The maximum absolute atomic E-state index is 4.45. The number of halogens is 2. The Hall–Kier alpha value is 0.0300. The highest BCUT2D eigenvalue weighted by Crippen LogP contribution is 2.20. The zero-order valence-electron chi connectivity index (χ0n) is 12.2. The van der Waals surface area contributed by atoms with Crippen molar-refractivity contribution < 1.29 is 0 Å². The van der Waals surface area contributed by atoms with E-state index in [2.05, 4.69) is 60.9 Å². The summed E-state index contributed by atoms with van der Waals surface area (Å²) < 4.78 is 2.06. The summed E-state index contributed by atoms with van der Waals surface area (Å²) in [6.07, 6.45) is 4.55. The Balaban J connectivity index is 1.86. The summed E-state index contributed by atoms with van der Waals surface area (Å²) in [4.78, 5) is 7.07. The molecule has 1 unspecified atom stereocenters. The highest BCUT2D eigenvalue weighted by molar-refractivity contribution is 9.11. The normalized spacial score (nSPS) is 17.9. The zero-order valence-corrected chi connectivity index (χ0v) is 15.4. The Kier molecular flexibility index (Phi) is 6.46. The van der Waals surface area contributed by atoms with Crippen LogP contribution in [0.2, 0.25) is 0 Å². The Labute approximate surface area is 138 Å². The summed E-state index contributed by atoms with van der Waals surface area (Å²) in [6, 6.07) is 2.68. The lowest BCUT2D eigenvalue weighted by atomic mass is 10.0. The number of likely N-dealkylation sites (tertiary alicyclic amines) is 1. The highest BCUT2D eigenvalue weighted by Gasteiger charge is 2.24. The molecule has 0 aliphatic carbocycles. The molecule has 2 heterocycles. The van der Waals surface area contributed by atoms with Gasteiger partial charge in [-0.3, -0.25) is 9.88 Å². The fourth-order valence-corrected chi connectivity index (χ4v) is 3.90. The molecular formula is C15H23Br2N3. The predicted octanol–water partition coefficient (Wildman–Crippen LogP) is 3.82. The quantitative estimate of drug-likeness (QED) is 0.781. The summed E-state index contributed by atoms with van der Waals surface area (Å²) in [6.45, 7) is 8.99. The van der Waals surface area contributed by atoms with Crippen LogP contribution in [0.3, 0.4) is 0 Å². The van der Waals surface area contributed by atoms with Crippen LogP contribution in [0.4, 0.5) is 0 Å². The molecule has 3 nitrogen and oxygen atoms in total. The van der Waals surface area contributed by atoms with Crippen molar-refractivity contribution in [3.63, 3.8) is 0 Å². The minimum absolute atomic E-state index is 0.631. The molecule has 1 aromatic rings. The molecular weight excluding hydrogens is 382 g/mol. The predicted molar refractivity (Wildman–Crippen MR) is 90.8 cm³/mol. The molecule has 1 fully saturated rings. The average Bonchev–Trinajstić information content (AvgIpc) is 2.90. The molecule has 1 aromatic heterocycles. The SMILES string of the molecule is CC(C)C(CNCc1ncc(Br)cc1Br)N1CCCC1. The number of pyridine rings is 1. The van der Waals surface area contributed by atoms with E-state index in [1.165, 1.54) is 25.9 Å². The molecule has 0 radical (unpaired) electrons. The van der Waals surface area contributed by atoms with E-state index in [0.29, 0.717) is 12.0 Å². The van der Waals surface area contributed by atoms with Crippen molar-refractivity contribution in [2.24, 2.45) is 5.92 Å². The molecule has 1 N–H and O–H groups in total. The second-order valence-corrected chi connectivity index (χ2v) is 7.54. The minimum atomic E-state index is 0.631. The molecule has 2 rings (SSSR count). The van der Waals surface area contributed by atoms with E-state index in [4.69, 9.17) is 0 Å². The lowest BCUT2D eigenvalue weighted by Crippen LogP contribution is -2.44. The topological polar surface area (TPSA) is 28.2 Å². The van der Waals surface area contributed by atoms with Gasteiger partial charge in [-0.2, -0.15) is 0 Å². The summed E-state index contributed by atoms with van der Waals surface area (Å²) in [5.41, 5.74) is 1.07. The number of aromatic nitrogens is 1. The van der Waals surface area contributed by atoms with Crippen molar-refractivity contribution in [3.05, 3.63) is 26.9 Å².